The Morgan fingerprint density at radius 1 is 1.15 bits per heavy atom. The number of ether oxygens (including phenoxy) is 1. The van der Waals surface area contributed by atoms with Crippen molar-refractivity contribution in [3.8, 4) is 5.75 Å². The van der Waals surface area contributed by atoms with Gasteiger partial charge in [0.1, 0.15) is 5.75 Å². The molecule has 0 fully saturated rings. The normalized spacial score (nSPS) is 11.9. The predicted octanol–water partition coefficient (Wildman–Crippen LogP) is 3.71. The van der Waals surface area contributed by atoms with Crippen molar-refractivity contribution in [1.82, 2.24) is 0 Å². The van der Waals surface area contributed by atoms with E-state index in [1.54, 1.807) is 0 Å². The number of nitrogens with one attached hydrogen (secondary N) is 1. The third-order valence-corrected chi connectivity index (χ3v) is 3.11. The molecule has 3 N–H and O–H groups in total. The van der Waals surface area contributed by atoms with Crippen LogP contribution >= 0.6 is 0 Å². The van der Waals surface area contributed by atoms with Crippen LogP contribution in [0.2, 0.25) is 0 Å². The maximum Gasteiger partial charge on any atom is 0.144 e. The Kier molecular flexibility index (Phi) is 4.88. The summed E-state index contributed by atoms with van der Waals surface area (Å²) in [6.07, 6.45) is 0.981. The van der Waals surface area contributed by atoms with E-state index < -0.39 is 0 Å². The van der Waals surface area contributed by atoms with Gasteiger partial charge in [-0.05, 0) is 38.0 Å². The van der Waals surface area contributed by atoms with E-state index in [9.17, 15) is 0 Å². The lowest BCUT2D eigenvalue weighted by Crippen LogP contribution is -2.18. The second-order valence-corrected chi connectivity index (χ2v) is 4.92. The van der Waals surface area contributed by atoms with Crippen molar-refractivity contribution in [2.75, 3.05) is 17.7 Å². The summed E-state index contributed by atoms with van der Waals surface area (Å²) in [5.41, 5.74) is 8.91. The molecule has 0 aliphatic carbocycles. The van der Waals surface area contributed by atoms with Gasteiger partial charge in [-0.15, -0.1) is 0 Å². The lowest BCUT2D eigenvalue weighted by molar-refractivity contribution is 0.342. The molecular weight excluding hydrogens is 248 g/mol. The Hall–Kier alpha value is -2.16. The predicted molar refractivity (Wildman–Crippen MR) is 85.3 cm³/mol. The largest absolute Gasteiger partial charge is 0.492 e. The van der Waals surface area contributed by atoms with Crippen LogP contribution in [-0.2, 0) is 6.42 Å². The van der Waals surface area contributed by atoms with E-state index in [1.165, 1.54) is 5.56 Å². The molecule has 0 aliphatic rings. The van der Waals surface area contributed by atoms with Gasteiger partial charge in [0.2, 0.25) is 0 Å². The first-order valence-corrected chi connectivity index (χ1v) is 7.02. The van der Waals surface area contributed by atoms with Crippen LogP contribution in [0.15, 0.2) is 48.5 Å². The molecule has 0 spiro atoms. The molecule has 0 bridgehead atoms. The molecule has 2 rings (SSSR count). The van der Waals surface area contributed by atoms with E-state index in [0.717, 1.165) is 17.9 Å². The van der Waals surface area contributed by atoms with E-state index in [4.69, 9.17) is 10.5 Å². The summed E-state index contributed by atoms with van der Waals surface area (Å²) in [6.45, 7) is 4.74. The van der Waals surface area contributed by atoms with Gasteiger partial charge in [-0.3, -0.25) is 0 Å². The molecule has 0 amide bonds. The van der Waals surface area contributed by atoms with E-state index in [2.05, 4.69) is 36.5 Å². The van der Waals surface area contributed by atoms with Crippen molar-refractivity contribution in [3.05, 3.63) is 54.1 Å². The molecule has 3 heteroatoms. The lowest BCUT2D eigenvalue weighted by Gasteiger charge is -2.17. The monoisotopic (exact) mass is 270 g/mol. The smallest absolute Gasteiger partial charge is 0.144 e. The minimum absolute atomic E-state index is 0.343. The lowest BCUT2D eigenvalue weighted by atomic mass is 10.1. The molecule has 0 aliphatic heterocycles. The number of anilines is 2. The van der Waals surface area contributed by atoms with Gasteiger partial charge in [0.25, 0.3) is 0 Å². The number of nitrogen functional groups attached to an aromatic ring is 1. The zero-order valence-electron chi connectivity index (χ0n) is 12.1. The van der Waals surface area contributed by atoms with Crippen LogP contribution in [0.1, 0.15) is 19.4 Å². The van der Waals surface area contributed by atoms with Crippen LogP contribution in [-0.4, -0.2) is 12.6 Å². The molecule has 0 saturated heterocycles. The van der Waals surface area contributed by atoms with Crippen LogP contribution in [0.25, 0.3) is 0 Å². The Balaban J connectivity index is 2.00. The van der Waals surface area contributed by atoms with Gasteiger partial charge in [0.05, 0.1) is 12.3 Å². The summed E-state index contributed by atoms with van der Waals surface area (Å²) >= 11 is 0. The van der Waals surface area contributed by atoms with E-state index in [-0.39, 0.29) is 0 Å². The molecule has 0 saturated carbocycles. The fourth-order valence-corrected chi connectivity index (χ4v) is 2.21. The minimum atomic E-state index is 0.343. The molecule has 3 nitrogen and oxygen atoms in total. The third kappa shape index (κ3) is 3.92. The van der Waals surface area contributed by atoms with E-state index in [0.29, 0.717) is 18.3 Å². The highest BCUT2D eigenvalue weighted by Gasteiger charge is 2.06. The Morgan fingerprint density at radius 2 is 1.90 bits per heavy atom. The van der Waals surface area contributed by atoms with Crippen LogP contribution in [0.5, 0.6) is 5.75 Å². The highest BCUT2D eigenvalue weighted by molar-refractivity contribution is 5.61. The Morgan fingerprint density at radius 3 is 2.60 bits per heavy atom. The fraction of sp³-hybridized carbons (Fsp3) is 0.294. The average Bonchev–Trinajstić information content (AvgIpc) is 2.44. The molecule has 106 valence electrons. The van der Waals surface area contributed by atoms with Crippen molar-refractivity contribution < 1.29 is 4.74 Å². The van der Waals surface area contributed by atoms with Gasteiger partial charge in [0.15, 0.2) is 0 Å². The maximum atomic E-state index is 5.88. The molecular formula is C17H22N2O. The second kappa shape index (κ2) is 6.85. The summed E-state index contributed by atoms with van der Waals surface area (Å²) in [6, 6.07) is 16.6. The zero-order valence-corrected chi connectivity index (χ0v) is 12.1. The highest BCUT2D eigenvalue weighted by Crippen LogP contribution is 2.26. The second-order valence-electron chi connectivity index (χ2n) is 4.92. The Bertz CT molecular complexity index is 540. The molecule has 2 aromatic carbocycles. The minimum Gasteiger partial charge on any atom is -0.492 e. The van der Waals surface area contributed by atoms with Crippen molar-refractivity contribution in [2.24, 2.45) is 0 Å². The van der Waals surface area contributed by atoms with Crippen LogP contribution in [0.4, 0.5) is 11.4 Å². The van der Waals surface area contributed by atoms with E-state index in [1.807, 2.05) is 31.2 Å². The van der Waals surface area contributed by atoms with Crippen molar-refractivity contribution in [3.63, 3.8) is 0 Å². The van der Waals surface area contributed by atoms with Crippen molar-refractivity contribution in [1.29, 1.82) is 0 Å². The summed E-state index contributed by atoms with van der Waals surface area (Å²) in [5, 5.41) is 3.48. The van der Waals surface area contributed by atoms with Gasteiger partial charge in [-0.1, -0.05) is 30.3 Å². The highest BCUT2D eigenvalue weighted by atomic mass is 16.5. The van der Waals surface area contributed by atoms with Crippen LogP contribution in [0, 0.1) is 0 Å². The first-order chi connectivity index (χ1) is 9.69. The van der Waals surface area contributed by atoms with Crippen molar-refractivity contribution >= 4 is 11.4 Å². The molecule has 1 unspecified atom stereocenters. The van der Waals surface area contributed by atoms with Gasteiger partial charge in [0, 0.05) is 17.8 Å². The SMILES string of the molecule is CCOc1cc(NC(C)Cc2ccccc2)ccc1N. The number of hydrogen-bond donors (Lipinski definition) is 2. The van der Waals surface area contributed by atoms with Crippen LogP contribution in [0.3, 0.4) is 0 Å². The summed E-state index contributed by atoms with van der Waals surface area (Å²) in [7, 11) is 0. The molecule has 0 aromatic heterocycles. The molecule has 2 aromatic rings. The fourth-order valence-electron chi connectivity index (χ4n) is 2.21. The molecule has 20 heavy (non-hydrogen) atoms. The summed E-state index contributed by atoms with van der Waals surface area (Å²) in [4.78, 5) is 0. The quantitative estimate of drug-likeness (QED) is 0.787. The van der Waals surface area contributed by atoms with Gasteiger partial charge < -0.3 is 15.8 Å². The number of nitrogens with two attached hydrogens (primary N) is 1. The molecule has 0 radical (unpaired) electrons. The maximum absolute atomic E-state index is 5.88. The number of rotatable bonds is 6. The number of hydrogen-bond acceptors (Lipinski definition) is 3. The standard InChI is InChI=1S/C17H22N2O/c1-3-20-17-12-15(9-10-16(17)18)19-13(2)11-14-7-5-4-6-8-14/h4-10,12-13,19H,3,11,18H2,1-2H3. The third-order valence-electron chi connectivity index (χ3n) is 3.11. The summed E-state index contributed by atoms with van der Waals surface area (Å²) < 4.78 is 5.51. The zero-order chi connectivity index (χ0) is 14.4. The first-order valence-electron chi connectivity index (χ1n) is 7.02. The van der Waals surface area contributed by atoms with Gasteiger partial charge in [-0.2, -0.15) is 0 Å². The number of benzene rings is 2. The van der Waals surface area contributed by atoms with Crippen molar-refractivity contribution in [2.45, 2.75) is 26.3 Å². The van der Waals surface area contributed by atoms with E-state index >= 15 is 0 Å². The molecule has 0 heterocycles. The van der Waals surface area contributed by atoms with Crippen LogP contribution < -0.4 is 15.8 Å². The summed E-state index contributed by atoms with van der Waals surface area (Å²) in [5.74, 6) is 0.740. The topological polar surface area (TPSA) is 47.3 Å². The molecule has 1 atom stereocenters. The van der Waals surface area contributed by atoms with Gasteiger partial charge >= 0.3 is 0 Å². The Labute approximate surface area is 120 Å². The average molecular weight is 270 g/mol. The van der Waals surface area contributed by atoms with Gasteiger partial charge in [-0.25, -0.2) is 0 Å². The first kappa shape index (κ1) is 14.3.